The number of nitrogens with zero attached hydrogens (tertiary/aromatic N) is 1. The van der Waals surface area contributed by atoms with Crippen molar-refractivity contribution in [2.24, 2.45) is 0 Å². The van der Waals surface area contributed by atoms with Crippen molar-refractivity contribution in [2.45, 2.75) is 13.5 Å². The molecule has 98 valence electrons. The summed E-state index contributed by atoms with van der Waals surface area (Å²) in [6.07, 6.45) is 0.752. The number of aromatic nitrogens is 1. The number of hydrogen-bond acceptors (Lipinski definition) is 4. The van der Waals surface area contributed by atoms with E-state index in [0.717, 1.165) is 17.7 Å². The zero-order valence-corrected chi connectivity index (χ0v) is 10.9. The van der Waals surface area contributed by atoms with Gasteiger partial charge in [0.2, 0.25) is 0 Å². The van der Waals surface area contributed by atoms with E-state index in [4.69, 9.17) is 9.47 Å². The fraction of sp³-hybridized carbons (Fsp3) is 0.200. The molecule has 0 N–H and O–H groups in total. The highest BCUT2D eigenvalue weighted by molar-refractivity contribution is 5.81. The van der Waals surface area contributed by atoms with Crippen molar-refractivity contribution >= 4 is 6.29 Å². The lowest BCUT2D eigenvalue weighted by Gasteiger charge is -2.12. The summed E-state index contributed by atoms with van der Waals surface area (Å²) in [5.74, 6) is 0.987. The maximum Gasteiger partial charge on any atom is 0.172 e. The van der Waals surface area contributed by atoms with Crippen molar-refractivity contribution in [1.82, 2.24) is 4.98 Å². The smallest absolute Gasteiger partial charge is 0.172 e. The van der Waals surface area contributed by atoms with E-state index in [1.807, 2.05) is 25.1 Å². The number of methoxy groups -OCH3 is 1. The zero-order chi connectivity index (χ0) is 13.7. The van der Waals surface area contributed by atoms with Gasteiger partial charge in [-0.3, -0.25) is 9.78 Å². The minimum absolute atomic E-state index is 0.295. The van der Waals surface area contributed by atoms with E-state index in [1.165, 1.54) is 0 Å². The molecule has 0 spiro atoms. The average molecular weight is 257 g/mol. The molecule has 0 amide bonds. The normalized spacial score (nSPS) is 10.0. The van der Waals surface area contributed by atoms with E-state index in [9.17, 15) is 4.79 Å². The van der Waals surface area contributed by atoms with Crippen LogP contribution in [0.3, 0.4) is 0 Å². The van der Waals surface area contributed by atoms with Crippen LogP contribution in [-0.4, -0.2) is 18.4 Å². The molecule has 1 aromatic heterocycles. The third kappa shape index (κ3) is 3.10. The van der Waals surface area contributed by atoms with Crippen molar-refractivity contribution in [2.75, 3.05) is 7.11 Å². The van der Waals surface area contributed by atoms with Crippen molar-refractivity contribution in [3.05, 3.63) is 53.3 Å². The van der Waals surface area contributed by atoms with Crippen LogP contribution in [0.4, 0.5) is 0 Å². The SMILES string of the molecule is COc1cccc(C=O)c1OCc1cccc(C)n1. The first-order valence-corrected chi connectivity index (χ1v) is 5.92. The lowest BCUT2D eigenvalue weighted by molar-refractivity contribution is 0.111. The fourth-order valence-corrected chi connectivity index (χ4v) is 1.77. The van der Waals surface area contributed by atoms with Crippen LogP contribution in [0.2, 0.25) is 0 Å². The van der Waals surface area contributed by atoms with Gasteiger partial charge in [0.15, 0.2) is 17.8 Å². The highest BCUT2D eigenvalue weighted by atomic mass is 16.5. The van der Waals surface area contributed by atoms with Gasteiger partial charge in [0.1, 0.15) is 6.61 Å². The molecule has 0 aliphatic carbocycles. The van der Waals surface area contributed by atoms with Crippen molar-refractivity contribution in [3.8, 4) is 11.5 Å². The van der Waals surface area contributed by atoms with Crippen LogP contribution in [0.25, 0.3) is 0 Å². The molecule has 0 saturated heterocycles. The number of aldehydes is 1. The molecular weight excluding hydrogens is 242 g/mol. The first kappa shape index (κ1) is 13.1. The van der Waals surface area contributed by atoms with Gasteiger partial charge in [0.05, 0.1) is 18.4 Å². The van der Waals surface area contributed by atoms with Crippen molar-refractivity contribution in [1.29, 1.82) is 0 Å². The molecule has 2 aromatic rings. The highest BCUT2D eigenvalue weighted by Crippen LogP contribution is 2.30. The van der Waals surface area contributed by atoms with E-state index in [0.29, 0.717) is 23.7 Å². The Bertz CT molecular complexity index is 581. The fourth-order valence-electron chi connectivity index (χ4n) is 1.77. The second-order valence-corrected chi connectivity index (χ2v) is 4.06. The predicted molar refractivity (Wildman–Crippen MR) is 71.7 cm³/mol. The van der Waals surface area contributed by atoms with Crippen LogP contribution in [-0.2, 0) is 6.61 Å². The monoisotopic (exact) mass is 257 g/mol. The quantitative estimate of drug-likeness (QED) is 0.773. The topological polar surface area (TPSA) is 48.4 Å². The van der Waals surface area contributed by atoms with E-state index in [2.05, 4.69) is 4.98 Å². The molecule has 1 aromatic carbocycles. The number of rotatable bonds is 5. The molecule has 0 atom stereocenters. The van der Waals surface area contributed by atoms with Gasteiger partial charge in [-0.1, -0.05) is 12.1 Å². The van der Waals surface area contributed by atoms with Crippen LogP contribution < -0.4 is 9.47 Å². The summed E-state index contributed by atoms with van der Waals surface area (Å²) < 4.78 is 10.9. The Morgan fingerprint density at radius 3 is 2.68 bits per heavy atom. The summed E-state index contributed by atoms with van der Waals surface area (Å²) in [5.41, 5.74) is 2.20. The Morgan fingerprint density at radius 1 is 1.21 bits per heavy atom. The molecule has 1 heterocycles. The van der Waals surface area contributed by atoms with Gasteiger partial charge in [0, 0.05) is 5.69 Å². The van der Waals surface area contributed by atoms with E-state index in [1.54, 1.807) is 25.3 Å². The number of carbonyl (C=O) groups excluding carboxylic acids is 1. The van der Waals surface area contributed by atoms with Crippen LogP contribution >= 0.6 is 0 Å². The Kier molecular flexibility index (Phi) is 4.13. The van der Waals surface area contributed by atoms with E-state index in [-0.39, 0.29) is 0 Å². The number of benzene rings is 1. The van der Waals surface area contributed by atoms with E-state index < -0.39 is 0 Å². The van der Waals surface area contributed by atoms with Gasteiger partial charge in [-0.05, 0) is 31.2 Å². The average Bonchev–Trinajstić information content (AvgIpc) is 2.44. The summed E-state index contributed by atoms with van der Waals surface area (Å²) in [6.45, 7) is 2.21. The molecule has 0 unspecified atom stereocenters. The van der Waals surface area contributed by atoms with E-state index >= 15 is 0 Å². The number of para-hydroxylation sites is 1. The zero-order valence-electron chi connectivity index (χ0n) is 10.9. The maximum atomic E-state index is 11.0. The number of aryl methyl sites for hydroxylation is 1. The molecule has 4 heteroatoms. The third-order valence-electron chi connectivity index (χ3n) is 2.67. The first-order valence-electron chi connectivity index (χ1n) is 5.92. The first-order chi connectivity index (χ1) is 9.24. The molecular formula is C15H15NO3. The summed E-state index contributed by atoms with van der Waals surface area (Å²) in [7, 11) is 1.54. The molecule has 0 aliphatic heterocycles. The molecule has 2 rings (SSSR count). The number of hydrogen-bond donors (Lipinski definition) is 0. The maximum absolute atomic E-state index is 11.0. The molecule has 0 fully saturated rings. The number of carbonyl (C=O) groups is 1. The van der Waals surface area contributed by atoms with Crippen molar-refractivity contribution < 1.29 is 14.3 Å². The Morgan fingerprint density at radius 2 is 2.00 bits per heavy atom. The molecule has 0 bridgehead atoms. The number of ether oxygens (including phenoxy) is 2. The summed E-state index contributed by atoms with van der Waals surface area (Å²) >= 11 is 0. The summed E-state index contributed by atoms with van der Waals surface area (Å²) in [5, 5.41) is 0. The third-order valence-corrected chi connectivity index (χ3v) is 2.67. The molecule has 0 aliphatic rings. The van der Waals surface area contributed by atoms with Crippen LogP contribution in [0, 0.1) is 6.92 Å². The minimum Gasteiger partial charge on any atom is -0.493 e. The highest BCUT2D eigenvalue weighted by Gasteiger charge is 2.10. The van der Waals surface area contributed by atoms with Crippen molar-refractivity contribution in [3.63, 3.8) is 0 Å². The van der Waals surface area contributed by atoms with Gasteiger partial charge < -0.3 is 9.47 Å². The van der Waals surface area contributed by atoms with Crippen LogP contribution in [0.1, 0.15) is 21.7 Å². The predicted octanol–water partition coefficient (Wildman–Crippen LogP) is 2.79. The molecule has 0 saturated carbocycles. The summed E-state index contributed by atoms with van der Waals surface area (Å²) in [6, 6.07) is 10.9. The standard InChI is InChI=1S/C15H15NO3/c1-11-5-3-7-13(16-11)10-19-15-12(9-17)6-4-8-14(15)18-2/h3-9H,10H2,1-2H3. The van der Waals surface area contributed by atoms with Gasteiger partial charge in [-0.25, -0.2) is 0 Å². The number of pyridine rings is 1. The largest absolute Gasteiger partial charge is 0.493 e. The van der Waals surface area contributed by atoms with Crippen LogP contribution in [0.15, 0.2) is 36.4 Å². The second-order valence-electron chi connectivity index (χ2n) is 4.06. The van der Waals surface area contributed by atoms with Gasteiger partial charge >= 0.3 is 0 Å². The summed E-state index contributed by atoms with van der Waals surface area (Å²) in [4.78, 5) is 15.4. The lowest BCUT2D eigenvalue weighted by atomic mass is 10.2. The second kappa shape index (κ2) is 6.00. The molecule has 0 radical (unpaired) electrons. The van der Waals surface area contributed by atoms with Gasteiger partial charge in [-0.2, -0.15) is 0 Å². The Balaban J connectivity index is 2.21. The molecule has 4 nitrogen and oxygen atoms in total. The molecule has 19 heavy (non-hydrogen) atoms. The Hall–Kier alpha value is -2.36. The van der Waals surface area contributed by atoms with Gasteiger partial charge in [0.25, 0.3) is 0 Å². The lowest BCUT2D eigenvalue weighted by Crippen LogP contribution is -2.02. The minimum atomic E-state index is 0.295. The van der Waals surface area contributed by atoms with Crippen LogP contribution in [0.5, 0.6) is 11.5 Å². The van der Waals surface area contributed by atoms with Gasteiger partial charge in [-0.15, -0.1) is 0 Å². The Labute approximate surface area is 112 Å².